The van der Waals surface area contributed by atoms with Crippen LogP contribution < -0.4 is 26.2 Å². The predicted octanol–water partition coefficient (Wildman–Crippen LogP) is 14.6. The molecule has 5 aliphatic rings. The molecule has 2 aliphatic heterocycles. The summed E-state index contributed by atoms with van der Waals surface area (Å²) in [5, 5.41) is 0. The quantitative estimate of drug-likeness (QED) is 0.164. The number of nitrogens with zero attached hydrogens (tertiary/aromatic N) is 2. The second kappa shape index (κ2) is 13.1. The Kier molecular flexibility index (Phi) is 8.52. The Bertz CT molecular complexity index is 2990. The van der Waals surface area contributed by atoms with Crippen molar-refractivity contribution in [3.63, 3.8) is 0 Å². The van der Waals surface area contributed by atoms with Crippen LogP contribution in [0.3, 0.4) is 0 Å². The summed E-state index contributed by atoms with van der Waals surface area (Å²) in [7, 11) is 0. The van der Waals surface area contributed by atoms with Gasteiger partial charge in [0.25, 0.3) is 6.71 Å². The Balaban J connectivity index is 1.26. The fourth-order valence-electron chi connectivity index (χ4n) is 14.5. The molecule has 3 heteroatoms. The van der Waals surface area contributed by atoms with E-state index in [0.29, 0.717) is 0 Å². The van der Waals surface area contributed by atoms with Crippen molar-refractivity contribution in [3.05, 3.63) is 147 Å². The first kappa shape index (κ1) is 41.7. The van der Waals surface area contributed by atoms with Crippen molar-refractivity contribution in [2.45, 2.75) is 162 Å². The van der Waals surface area contributed by atoms with Gasteiger partial charge in [-0.05, 0) is 193 Å². The van der Waals surface area contributed by atoms with Crippen LogP contribution in [0.25, 0.3) is 11.1 Å². The molecule has 6 aromatic rings. The summed E-state index contributed by atoms with van der Waals surface area (Å²) >= 11 is 0. The number of hydrogen-bond acceptors (Lipinski definition) is 2. The van der Waals surface area contributed by atoms with Gasteiger partial charge in [-0.15, -0.1) is 0 Å². The normalized spacial score (nSPS) is 20.5. The van der Waals surface area contributed by atoms with E-state index >= 15 is 0 Å². The van der Waals surface area contributed by atoms with Crippen molar-refractivity contribution < 1.29 is 0 Å². The molecular formula is C61H69BN2. The van der Waals surface area contributed by atoms with Gasteiger partial charge in [-0.25, -0.2) is 0 Å². The lowest BCUT2D eigenvalue weighted by Crippen LogP contribution is -2.61. The highest BCUT2D eigenvalue weighted by atomic mass is 15.2. The number of anilines is 6. The Labute approximate surface area is 385 Å². The van der Waals surface area contributed by atoms with Gasteiger partial charge in [-0.1, -0.05) is 144 Å². The molecule has 0 saturated carbocycles. The molecule has 0 saturated heterocycles. The van der Waals surface area contributed by atoms with Crippen molar-refractivity contribution in [2.75, 3.05) is 9.80 Å². The zero-order chi connectivity index (χ0) is 45.4. The van der Waals surface area contributed by atoms with E-state index in [2.05, 4.69) is 211 Å². The van der Waals surface area contributed by atoms with E-state index in [-0.39, 0.29) is 39.2 Å². The van der Waals surface area contributed by atoms with Gasteiger partial charge in [-0.3, -0.25) is 0 Å². The summed E-state index contributed by atoms with van der Waals surface area (Å²) in [6.07, 6.45) is 4.68. The van der Waals surface area contributed by atoms with Gasteiger partial charge in [-0.2, -0.15) is 0 Å². The second-order valence-electron chi connectivity index (χ2n) is 24.9. The van der Waals surface area contributed by atoms with Crippen LogP contribution in [0.15, 0.2) is 97.1 Å². The number of benzene rings is 6. The van der Waals surface area contributed by atoms with Crippen LogP contribution in [0.4, 0.5) is 34.1 Å². The number of rotatable bonds is 3. The molecule has 0 spiro atoms. The van der Waals surface area contributed by atoms with Gasteiger partial charge in [0.15, 0.2) is 0 Å². The Morgan fingerprint density at radius 3 is 1.56 bits per heavy atom. The van der Waals surface area contributed by atoms with Crippen LogP contribution >= 0.6 is 0 Å². The van der Waals surface area contributed by atoms with Crippen LogP contribution in [-0.2, 0) is 32.5 Å². The molecule has 0 bridgehead atoms. The van der Waals surface area contributed by atoms with E-state index in [0.717, 1.165) is 12.8 Å². The van der Waals surface area contributed by atoms with Gasteiger partial charge in [0, 0.05) is 34.1 Å². The molecule has 0 radical (unpaired) electrons. The highest BCUT2D eigenvalue weighted by Gasteiger charge is 2.50. The standard InChI is InChI=1S/C61H69BN2/c1-36-27-52-55-53(28-36)64(49-32-44-42(29-37(49)2)58(8,9)34-60(44,12)13)51-33-45-43(59(10,11)35-61(45,14)15)31-47(51)62(55)46-23-21-40(39-19-17-16-18-20-39)30-50(46)63(52)48-24-22-41-54(38(48)3)57(6,7)26-25-56(41,4)5/h16-24,27-33H,25-26,34-35H2,1-15H3. The molecule has 3 aliphatic carbocycles. The predicted molar refractivity (Wildman–Crippen MR) is 277 cm³/mol. The molecule has 0 aromatic heterocycles. The zero-order valence-electron chi connectivity index (χ0n) is 41.5. The van der Waals surface area contributed by atoms with E-state index < -0.39 is 0 Å². The van der Waals surface area contributed by atoms with Crippen molar-refractivity contribution in [1.29, 1.82) is 0 Å². The Morgan fingerprint density at radius 2 is 0.938 bits per heavy atom. The summed E-state index contributed by atoms with van der Waals surface area (Å²) in [6.45, 7) is 36.8. The molecule has 0 atom stereocenters. The Hall–Kier alpha value is -5.02. The topological polar surface area (TPSA) is 6.48 Å². The fraction of sp³-hybridized carbons (Fsp3) is 0.410. The summed E-state index contributed by atoms with van der Waals surface area (Å²) in [5.41, 5.74) is 28.3. The number of fused-ring (bicyclic) bond motifs is 7. The molecule has 64 heavy (non-hydrogen) atoms. The number of aryl methyl sites for hydroxylation is 2. The van der Waals surface area contributed by atoms with Gasteiger partial charge < -0.3 is 9.80 Å². The van der Waals surface area contributed by atoms with Crippen LogP contribution in [0, 0.1) is 20.8 Å². The maximum Gasteiger partial charge on any atom is 0.252 e. The van der Waals surface area contributed by atoms with Gasteiger partial charge in [0.05, 0.1) is 0 Å². The van der Waals surface area contributed by atoms with E-state index in [9.17, 15) is 0 Å². The third-order valence-electron chi connectivity index (χ3n) is 17.2. The molecule has 6 aromatic carbocycles. The van der Waals surface area contributed by atoms with Crippen molar-refractivity contribution in [1.82, 2.24) is 0 Å². The molecule has 2 heterocycles. The first-order chi connectivity index (χ1) is 29.9. The second-order valence-corrected chi connectivity index (χ2v) is 24.9. The average molecular weight is 841 g/mol. The average Bonchev–Trinajstić information content (AvgIpc) is 3.52. The van der Waals surface area contributed by atoms with Crippen molar-refractivity contribution >= 4 is 57.2 Å². The van der Waals surface area contributed by atoms with Crippen LogP contribution in [0.2, 0.25) is 0 Å². The van der Waals surface area contributed by atoms with Crippen molar-refractivity contribution in [2.24, 2.45) is 0 Å². The minimum Gasteiger partial charge on any atom is -0.311 e. The smallest absolute Gasteiger partial charge is 0.252 e. The van der Waals surface area contributed by atoms with E-state index in [1.54, 1.807) is 0 Å². The molecule has 326 valence electrons. The molecule has 0 N–H and O–H groups in total. The van der Waals surface area contributed by atoms with Gasteiger partial charge >= 0.3 is 0 Å². The summed E-state index contributed by atoms with van der Waals surface area (Å²) in [4.78, 5) is 5.42. The monoisotopic (exact) mass is 841 g/mol. The maximum absolute atomic E-state index is 2.73. The first-order valence-electron chi connectivity index (χ1n) is 24.4. The summed E-state index contributed by atoms with van der Waals surface area (Å²) < 4.78 is 0. The Morgan fingerprint density at radius 1 is 0.406 bits per heavy atom. The minimum atomic E-state index is 0.0642. The van der Waals surface area contributed by atoms with Crippen LogP contribution in [0.5, 0.6) is 0 Å². The molecule has 2 nitrogen and oxygen atoms in total. The van der Waals surface area contributed by atoms with E-state index in [1.807, 2.05) is 0 Å². The lowest BCUT2D eigenvalue weighted by atomic mass is 9.33. The van der Waals surface area contributed by atoms with E-state index in [4.69, 9.17) is 0 Å². The lowest BCUT2D eigenvalue weighted by molar-refractivity contribution is 0.330. The third-order valence-corrected chi connectivity index (χ3v) is 17.2. The fourth-order valence-corrected chi connectivity index (χ4v) is 14.5. The van der Waals surface area contributed by atoms with Gasteiger partial charge in [0.2, 0.25) is 0 Å². The van der Waals surface area contributed by atoms with Crippen molar-refractivity contribution in [3.8, 4) is 11.1 Å². The van der Waals surface area contributed by atoms with Crippen LogP contribution in [0.1, 0.15) is 159 Å². The maximum atomic E-state index is 2.73. The minimum absolute atomic E-state index is 0.0642. The first-order valence-corrected chi connectivity index (χ1v) is 24.4. The largest absolute Gasteiger partial charge is 0.311 e. The molecule has 11 rings (SSSR count). The SMILES string of the molecule is Cc1cc2c3c(c1)N(c1ccc4c(c1C)C(C)(C)CCC4(C)C)c1cc(-c4ccccc4)ccc1B3c1cc3c(cc1N2c1cc2c(cc1C)C(C)(C)CC2(C)C)C(C)(C)CC3(C)C. The lowest BCUT2D eigenvalue weighted by Gasteiger charge is -2.47. The summed E-state index contributed by atoms with van der Waals surface area (Å²) in [5.74, 6) is 0. The molecule has 0 amide bonds. The van der Waals surface area contributed by atoms with Crippen LogP contribution in [-0.4, -0.2) is 6.71 Å². The highest BCUT2D eigenvalue weighted by molar-refractivity contribution is 7.00. The third kappa shape index (κ3) is 5.77. The summed E-state index contributed by atoms with van der Waals surface area (Å²) in [6, 6.07) is 38.9. The van der Waals surface area contributed by atoms with Gasteiger partial charge in [0.1, 0.15) is 0 Å². The molecule has 0 unspecified atom stereocenters. The van der Waals surface area contributed by atoms with E-state index in [1.165, 1.54) is 125 Å². The molecule has 0 fully saturated rings. The molecular weight excluding hydrogens is 771 g/mol. The zero-order valence-corrected chi connectivity index (χ0v) is 41.5. The number of hydrogen-bond donors (Lipinski definition) is 0. The highest BCUT2D eigenvalue weighted by Crippen LogP contribution is 2.56.